The van der Waals surface area contributed by atoms with Crippen LogP contribution in [0.15, 0.2) is 0 Å². The molecular formula is C6H16NO4P. The lowest BCUT2D eigenvalue weighted by Crippen LogP contribution is -2.15. The molecule has 0 saturated carbocycles. The second-order valence-electron chi connectivity index (χ2n) is 2.12. The van der Waals surface area contributed by atoms with Crippen molar-refractivity contribution in [3.8, 4) is 0 Å². The first-order valence-corrected chi connectivity index (χ1v) is 5.18. The number of hydrogen-bond acceptors (Lipinski definition) is 4. The molecule has 6 heteroatoms. The van der Waals surface area contributed by atoms with Gasteiger partial charge in [0, 0.05) is 34.5 Å². The molecule has 0 aliphatic carbocycles. The van der Waals surface area contributed by atoms with Gasteiger partial charge >= 0.3 is 7.75 Å². The second kappa shape index (κ2) is 6.57. The topological polar surface area (TPSA) is 56.8 Å². The van der Waals surface area contributed by atoms with Crippen LogP contribution in [0.1, 0.15) is 6.42 Å². The Kier molecular flexibility index (Phi) is 6.61. The molecule has 0 aromatic rings. The van der Waals surface area contributed by atoms with Gasteiger partial charge in [0.2, 0.25) is 0 Å². The molecule has 0 radical (unpaired) electrons. The molecule has 0 aliphatic rings. The van der Waals surface area contributed by atoms with Gasteiger partial charge in [0.15, 0.2) is 0 Å². The standard InChI is InChI=1S/C6H16NO4P/c1-9-6-4-5-7-12(8,10-2)11-3/h4-6H2,1-3H3,(H,7,8). The number of nitrogens with one attached hydrogen (secondary N) is 1. The monoisotopic (exact) mass is 197 g/mol. The molecule has 0 aromatic heterocycles. The van der Waals surface area contributed by atoms with E-state index in [0.29, 0.717) is 13.2 Å². The quantitative estimate of drug-likeness (QED) is 0.487. The zero-order chi connectivity index (χ0) is 9.45. The maximum absolute atomic E-state index is 11.3. The van der Waals surface area contributed by atoms with Gasteiger partial charge < -0.3 is 13.8 Å². The summed E-state index contributed by atoms with van der Waals surface area (Å²) in [5.74, 6) is 0. The first-order valence-electron chi connectivity index (χ1n) is 3.64. The average Bonchev–Trinajstić information content (AvgIpc) is 2.12. The van der Waals surface area contributed by atoms with Crippen LogP contribution in [-0.4, -0.2) is 34.5 Å². The zero-order valence-electron chi connectivity index (χ0n) is 7.70. The van der Waals surface area contributed by atoms with Crippen LogP contribution in [0.5, 0.6) is 0 Å². The third-order valence-corrected chi connectivity index (χ3v) is 2.88. The summed E-state index contributed by atoms with van der Waals surface area (Å²) in [4.78, 5) is 0. The van der Waals surface area contributed by atoms with E-state index in [2.05, 4.69) is 14.1 Å². The molecular weight excluding hydrogens is 181 g/mol. The van der Waals surface area contributed by atoms with Crippen molar-refractivity contribution in [3.63, 3.8) is 0 Å². The third-order valence-electron chi connectivity index (χ3n) is 1.31. The van der Waals surface area contributed by atoms with Gasteiger partial charge in [-0.1, -0.05) is 0 Å². The van der Waals surface area contributed by atoms with Gasteiger partial charge in [-0.25, -0.2) is 9.65 Å². The minimum absolute atomic E-state index is 0.548. The van der Waals surface area contributed by atoms with Gasteiger partial charge in [-0.2, -0.15) is 0 Å². The molecule has 0 saturated heterocycles. The van der Waals surface area contributed by atoms with E-state index < -0.39 is 7.75 Å². The van der Waals surface area contributed by atoms with Crippen LogP contribution in [0.25, 0.3) is 0 Å². The summed E-state index contributed by atoms with van der Waals surface area (Å²) in [5, 5.41) is 2.66. The number of methoxy groups -OCH3 is 1. The second-order valence-corrected chi connectivity index (χ2v) is 4.16. The van der Waals surface area contributed by atoms with Gasteiger partial charge in [0.25, 0.3) is 0 Å². The van der Waals surface area contributed by atoms with Crippen LogP contribution < -0.4 is 5.09 Å². The predicted octanol–water partition coefficient (Wildman–Crippen LogP) is 1.01. The van der Waals surface area contributed by atoms with E-state index in [0.717, 1.165) is 6.42 Å². The summed E-state index contributed by atoms with van der Waals surface area (Å²) in [6.45, 7) is 1.17. The summed E-state index contributed by atoms with van der Waals surface area (Å²) in [5.41, 5.74) is 0. The largest absolute Gasteiger partial charge is 0.404 e. The lowest BCUT2D eigenvalue weighted by atomic mass is 10.5. The Balaban J connectivity index is 3.52. The first kappa shape index (κ1) is 12.1. The summed E-state index contributed by atoms with van der Waals surface area (Å²) < 4.78 is 25.4. The Labute approximate surface area is 73.0 Å². The molecule has 1 N–H and O–H groups in total. The van der Waals surface area contributed by atoms with E-state index in [1.807, 2.05) is 0 Å². The first-order chi connectivity index (χ1) is 5.68. The van der Waals surface area contributed by atoms with E-state index in [1.165, 1.54) is 14.2 Å². The van der Waals surface area contributed by atoms with Crippen LogP contribution in [-0.2, 0) is 18.3 Å². The Morgan fingerprint density at radius 1 is 1.25 bits per heavy atom. The molecule has 12 heavy (non-hydrogen) atoms. The van der Waals surface area contributed by atoms with Crippen LogP contribution in [0.3, 0.4) is 0 Å². The molecule has 0 fully saturated rings. The number of hydrogen-bond donors (Lipinski definition) is 1. The molecule has 5 nitrogen and oxygen atoms in total. The summed E-state index contributed by atoms with van der Waals surface area (Å²) in [6, 6.07) is 0. The molecule has 0 bridgehead atoms. The summed E-state index contributed by atoms with van der Waals surface area (Å²) in [6.07, 6.45) is 0.771. The molecule has 74 valence electrons. The fourth-order valence-corrected chi connectivity index (χ4v) is 1.48. The Bertz CT molecular complexity index is 144. The van der Waals surface area contributed by atoms with Crippen LogP contribution in [0, 0.1) is 0 Å². The highest BCUT2D eigenvalue weighted by molar-refractivity contribution is 7.51. The molecule has 0 aromatic carbocycles. The van der Waals surface area contributed by atoms with Crippen LogP contribution in [0.4, 0.5) is 0 Å². The number of ether oxygens (including phenoxy) is 1. The maximum atomic E-state index is 11.3. The van der Waals surface area contributed by atoms with Crippen molar-refractivity contribution in [2.24, 2.45) is 0 Å². The fraction of sp³-hybridized carbons (Fsp3) is 1.00. The molecule has 0 spiro atoms. The van der Waals surface area contributed by atoms with E-state index >= 15 is 0 Å². The van der Waals surface area contributed by atoms with Gasteiger partial charge in [0.05, 0.1) is 0 Å². The van der Waals surface area contributed by atoms with Crippen LogP contribution in [0.2, 0.25) is 0 Å². The van der Waals surface area contributed by atoms with E-state index in [-0.39, 0.29) is 0 Å². The average molecular weight is 197 g/mol. The van der Waals surface area contributed by atoms with Crippen molar-refractivity contribution in [2.45, 2.75) is 6.42 Å². The summed E-state index contributed by atoms with van der Waals surface area (Å²) >= 11 is 0. The van der Waals surface area contributed by atoms with Crippen LogP contribution >= 0.6 is 7.75 Å². The van der Waals surface area contributed by atoms with Crippen molar-refractivity contribution in [2.75, 3.05) is 34.5 Å². The summed E-state index contributed by atoms with van der Waals surface area (Å²) in [7, 11) is 1.27. The van der Waals surface area contributed by atoms with E-state index in [1.54, 1.807) is 7.11 Å². The minimum atomic E-state index is -3.03. The lowest BCUT2D eigenvalue weighted by molar-refractivity contribution is 0.194. The molecule has 0 amide bonds. The molecule has 0 aliphatic heterocycles. The van der Waals surface area contributed by atoms with Crippen molar-refractivity contribution in [3.05, 3.63) is 0 Å². The van der Waals surface area contributed by atoms with E-state index in [4.69, 9.17) is 4.74 Å². The molecule has 0 rings (SSSR count). The maximum Gasteiger partial charge on any atom is 0.404 e. The SMILES string of the molecule is COCCCNP(=O)(OC)OC. The van der Waals surface area contributed by atoms with Gasteiger partial charge in [0.1, 0.15) is 0 Å². The van der Waals surface area contributed by atoms with Gasteiger partial charge in [-0.15, -0.1) is 0 Å². The van der Waals surface area contributed by atoms with Crippen molar-refractivity contribution in [1.82, 2.24) is 5.09 Å². The highest BCUT2D eigenvalue weighted by Gasteiger charge is 2.18. The highest BCUT2D eigenvalue weighted by Crippen LogP contribution is 2.40. The van der Waals surface area contributed by atoms with Crippen molar-refractivity contribution < 1.29 is 18.3 Å². The minimum Gasteiger partial charge on any atom is -0.385 e. The third kappa shape index (κ3) is 4.85. The number of rotatable bonds is 7. The Morgan fingerprint density at radius 2 is 1.83 bits per heavy atom. The fourth-order valence-electron chi connectivity index (χ4n) is 0.636. The van der Waals surface area contributed by atoms with E-state index in [9.17, 15) is 4.57 Å². The lowest BCUT2D eigenvalue weighted by Gasteiger charge is -2.13. The smallest absolute Gasteiger partial charge is 0.385 e. The van der Waals surface area contributed by atoms with Crippen molar-refractivity contribution >= 4 is 7.75 Å². The zero-order valence-corrected chi connectivity index (χ0v) is 8.60. The predicted molar refractivity (Wildman–Crippen MR) is 46.1 cm³/mol. The normalized spacial score (nSPS) is 11.9. The van der Waals surface area contributed by atoms with Crippen molar-refractivity contribution in [1.29, 1.82) is 0 Å². The highest BCUT2D eigenvalue weighted by atomic mass is 31.2. The van der Waals surface area contributed by atoms with Gasteiger partial charge in [-0.05, 0) is 6.42 Å². The molecule has 0 unspecified atom stereocenters. The Morgan fingerprint density at radius 3 is 2.25 bits per heavy atom. The van der Waals surface area contributed by atoms with Gasteiger partial charge in [-0.3, -0.25) is 0 Å². The molecule has 0 heterocycles. The molecule has 0 atom stereocenters. The Hall–Kier alpha value is 0.0700.